The molecule has 0 bridgehead atoms. The average molecular weight is 542 g/mol. The van der Waals surface area contributed by atoms with E-state index in [4.69, 9.17) is 34.0 Å². The van der Waals surface area contributed by atoms with E-state index in [1.807, 2.05) is 67.6 Å². The number of nitrogens with two attached hydrogens (primary N) is 1. The molecular weight excluding hydrogens is 507 g/mol. The van der Waals surface area contributed by atoms with Crippen LogP contribution in [0.4, 0.5) is 11.4 Å². The number of benzene rings is 3. The highest BCUT2D eigenvalue weighted by Gasteiger charge is 2.34. The maximum atomic E-state index is 11.5. The molecular formula is C29H34Cl2N4O2. The van der Waals surface area contributed by atoms with E-state index < -0.39 is 5.60 Å². The fourth-order valence-electron chi connectivity index (χ4n) is 4.86. The number of nitrogen functional groups attached to an aromatic ring is 1. The van der Waals surface area contributed by atoms with Gasteiger partial charge in [-0.3, -0.25) is 4.90 Å². The van der Waals surface area contributed by atoms with E-state index >= 15 is 0 Å². The zero-order valence-electron chi connectivity index (χ0n) is 21.0. The molecule has 3 aromatic rings. The number of hydrogen-bond donors (Lipinski definition) is 4. The molecule has 1 saturated heterocycles. The minimum absolute atomic E-state index is 0.0197. The van der Waals surface area contributed by atoms with Crippen LogP contribution in [0.1, 0.15) is 29.7 Å². The lowest BCUT2D eigenvalue weighted by atomic mass is 9.92. The fourth-order valence-corrected chi connectivity index (χ4v) is 5.29. The monoisotopic (exact) mass is 540 g/mol. The summed E-state index contributed by atoms with van der Waals surface area (Å²) < 4.78 is 0. The molecule has 0 saturated carbocycles. The van der Waals surface area contributed by atoms with Crippen LogP contribution in [0.3, 0.4) is 0 Å². The Morgan fingerprint density at radius 3 is 2.43 bits per heavy atom. The van der Waals surface area contributed by atoms with Gasteiger partial charge in [-0.25, -0.2) is 0 Å². The summed E-state index contributed by atoms with van der Waals surface area (Å²) in [5, 5.41) is 24.9. The summed E-state index contributed by atoms with van der Waals surface area (Å²) >= 11 is 12.8. The van der Waals surface area contributed by atoms with E-state index in [0.29, 0.717) is 35.4 Å². The van der Waals surface area contributed by atoms with Crippen LogP contribution in [0.15, 0.2) is 73.3 Å². The van der Waals surface area contributed by atoms with Crippen molar-refractivity contribution in [1.29, 1.82) is 0 Å². The average Bonchev–Trinajstić information content (AvgIpc) is 2.88. The second-order valence-corrected chi connectivity index (χ2v) is 10.5. The van der Waals surface area contributed by atoms with Gasteiger partial charge in [-0.15, -0.1) is 0 Å². The number of piperazine rings is 1. The molecule has 37 heavy (non-hydrogen) atoms. The first-order chi connectivity index (χ1) is 17.7. The van der Waals surface area contributed by atoms with Gasteiger partial charge in [-0.05, 0) is 53.9 Å². The molecule has 8 heteroatoms. The highest BCUT2D eigenvalue weighted by atomic mass is 35.5. The molecule has 4 rings (SSSR count). The first-order valence-corrected chi connectivity index (χ1v) is 13.1. The molecule has 1 aliphatic heterocycles. The molecule has 0 spiro atoms. The third-order valence-electron chi connectivity index (χ3n) is 6.84. The Hall–Kier alpha value is -2.74. The van der Waals surface area contributed by atoms with Gasteiger partial charge in [0.1, 0.15) is 0 Å². The molecule has 0 radical (unpaired) electrons. The Morgan fingerprint density at radius 1 is 1.08 bits per heavy atom. The van der Waals surface area contributed by atoms with Crippen molar-refractivity contribution in [2.24, 2.45) is 0 Å². The van der Waals surface area contributed by atoms with Crippen LogP contribution in [0.2, 0.25) is 10.0 Å². The van der Waals surface area contributed by atoms with Crippen LogP contribution >= 0.6 is 23.2 Å². The first kappa shape index (κ1) is 27.3. The molecule has 2 atom stereocenters. The number of hydrogen-bond acceptors (Lipinski definition) is 6. The van der Waals surface area contributed by atoms with Crippen molar-refractivity contribution in [3.8, 4) is 0 Å². The normalized spacial score (nSPS) is 17.9. The minimum Gasteiger partial charge on any atom is -0.399 e. The van der Waals surface area contributed by atoms with Crippen molar-refractivity contribution in [3.63, 3.8) is 0 Å². The van der Waals surface area contributed by atoms with Gasteiger partial charge in [-0.1, -0.05) is 66.2 Å². The van der Waals surface area contributed by atoms with Gasteiger partial charge in [0, 0.05) is 49.1 Å². The lowest BCUT2D eigenvalue weighted by molar-refractivity contribution is 0.0103. The molecule has 1 fully saturated rings. The van der Waals surface area contributed by atoms with Gasteiger partial charge in [0.25, 0.3) is 0 Å². The summed E-state index contributed by atoms with van der Waals surface area (Å²) in [5.74, 6) is 0. The third kappa shape index (κ3) is 6.58. The largest absolute Gasteiger partial charge is 0.399 e. The number of β-amino-alcohol motifs (C(OH)–C–C–N with tert-alkyl or cyclic N) is 1. The van der Waals surface area contributed by atoms with E-state index in [1.54, 1.807) is 6.07 Å². The number of anilines is 2. The van der Waals surface area contributed by atoms with Crippen molar-refractivity contribution in [1.82, 2.24) is 10.2 Å². The summed E-state index contributed by atoms with van der Waals surface area (Å²) in [6.07, 6.45) is 0. The van der Waals surface area contributed by atoms with Gasteiger partial charge in [0.15, 0.2) is 0 Å². The Bertz CT molecular complexity index is 1220. The topological polar surface area (TPSA) is 85.0 Å². The number of nitrogens with one attached hydrogen (secondary N) is 1. The molecule has 0 aliphatic carbocycles. The highest BCUT2D eigenvalue weighted by molar-refractivity contribution is 6.33. The van der Waals surface area contributed by atoms with Gasteiger partial charge < -0.3 is 26.2 Å². The Kier molecular flexibility index (Phi) is 8.67. The molecule has 1 aliphatic rings. The number of aliphatic hydroxyl groups excluding tert-OH is 1. The maximum absolute atomic E-state index is 11.5. The summed E-state index contributed by atoms with van der Waals surface area (Å²) in [6.45, 7) is 9.03. The van der Waals surface area contributed by atoms with Crippen LogP contribution in [-0.2, 0) is 5.60 Å². The summed E-state index contributed by atoms with van der Waals surface area (Å²) in [7, 11) is 0. The minimum atomic E-state index is -1.05. The SMILES string of the molecule is C=C(NCCO)c1ccc([C@](C)(O)CN2CCN(c3ccc(N)cc3Cl)[C@H](c3ccc(Cl)cc3)C2)cc1. The van der Waals surface area contributed by atoms with E-state index in [-0.39, 0.29) is 12.6 Å². The standard InChI is InChI=1S/C29H34Cl2N4O2/c1-20(33-13-16-36)21-3-7-23(8-4-21)29(2,37)19-34-14-15-35(27-12-11-25(32)17-26(27)31)28(18-34)22-5-9-24(30)10-6-22/h3-12,17,28,33,36-37H,1,13-16,18-19,32H2,2H3/t28-,29+/m0/s1. The Morgan fingerprint density at radius 2 is 1.78 bits per heavy atom. The summed E-state index contributed by atoms with van der Waals surface area (Å²) in [5.41, 5.74) is 10.1. The Balaban J connectivity index is 1.53. The smallest absolute Gasteiger partial charge is 0.0994 e. The molecule has 1 heterocycles. The first-order valence-electron chi connectivity index (χ1n) is 12.3. The zero-order valence-corrected chi connectivity index (χ0v) is 22.5. The number of halogens is 2. The lowest BCUT2D eigenvalue weighted by Gasteiger charge is -2.45. The van der Waals surface area contributed by atoms with Crippen LogP contribution in [-0.4, -0.2) is 54.4 Å². The predicted octanol–water partition coefficient (Wildman–Crippen LogP) is 4.90. The van der Waals surface area contributed by atoms with Gasteiger partial charge in [0.2, 0.25) is 0 Å². The molecule has 0 aromatic heterocycles. The van der Waals surface area contributed by atoms with E-state index in [1.165, 1.54) is 0 Å². The molecule has 5 N–H and O–H groups in total. The van der Waals surface area contributed by atoms with Gasteiger partial charge in [-0.2, -0.15) is 0 Å². The van der Waals surface area contributed by atoms with Crippen molar-refractivity contribution >= 4 is 40.3 Å². The third-order valence-corrected chi connectivity index (χ3v) is 7.39. The molecule has 196 valence electrons. The lowest BCUT2D eigenvalue weighted by Crippen LogP contribution is -2.52. The van der Waals surface area contributed by atoms with Crippen molar-refractivity contribution in [2.75, 3.05) is 50.0 Å². The van der Waals surface area contributed by atoms with E-state index in [9.17, 15) is 5.11 Å². The number of nitrogens with zero attached hydrogens (tertiary/aromatic N) is 2. The van der Waals surface area contributed by atoms with Crippen LogP contribution in [0.25, 0.3) is 5.70 Å². The number of aliphatic hydroxyl groups is 2. The van der Waals surface area contributed by atoms with E-state index in [0.717, 1.165) is 41.2 Å². The van der Waals surface area contributed by atoms with Crippen LogP contribution < -0.4 is 16.0 Å². The maximum Gasteiger partial charge on any atom is 0.0994 e. The van der Waals surface area contributed by atoms with Crippen LogP contribution in [0, 0.1) is 0 Å². The van der Waals surface area contributed by atoms with Crippen LogP contribution in [0.5, 0.6) is 0 Å². The van der Waals surface area contributed by atoms with Crippen molar-refractivity contribution < 1.29 is 10.2 Å². The number of rotatable bonds is 9. The summed E-state index contributed by atoms with van der Waals surface area (Å²) in [4.78, 5) is 4.59. The predicted molar refractivity (Wildman–Crippen MR) is 154 cm³/mol. The molecule has 0 unspecified atom stereocenters. The van der Waals surface area contributed by atoms with Gasteiger partial charge in [0.05, 0.1) is 29.0 Å². The van der Waals surface area contributed by atoms with Gasteiger partial charge >= 0.3 is 0 Å². The fraction of sp³-hybridized carbons (Fsp3) is 0.310. The van der Waals surface area contributed by atoms with E-state index in [2.05, 4.69) is 21.7 Å². The molecule has 3 aromatic carbocycles. The summed E-state index contributed by atoms with van der Waals surface area (Å²) in [6, 6.07) is 21.3. The second kappa shape index (κ2) is 11.8. The quantitative estimate of drug-likeness (QED) is 0.289. The second-order valence-electron chi connectivity index (χ2n) is 9.69. The Labute approximate surface area is 228 Å². The van der Waals surface area contributed by atoms with Crippen molar-refractivity contribution in [3.05, 3.63) is 100 Å². The zero-order chi connectivity index (χ0) is 26.6. The molecule has 6 nitrogen and oxygen atoms in total. The van der Waals surface area contributed by atoms with Crippen molar-refractivity contribution in [2.45, 2.75) is 18.6 Å². The molecule has 0 amide bonds. The highest BCUT2D eigenvalue weighted by Crippen LogP contribution is 2.37.